The van der Waals surface area contributed by atoms with Crippen molar-refractivity contribution in [1.29, 1.82) is 0 Å². The van der Waals surface area contributed by atoms with Gasteiger partial charge in [0.1, 0.15) is 17.7 Å². The van der Waals surface area contributed by atoms with Gasteiger partial charge in [-0.15, -0.1) is 0 Å². The highest BCUT2D eigenvalue weighted by Gasteiger charge is 2.27. The molecule has 5 rings (SSSR count). The molecule has 2 aromatic carbocycles. The summed E-state index contributed by atoms with van der Waals surface area (Å²) in [5.74, 6) is -0.101. The predicted octanol–water partition coefficient (Wildman–Crippen LogP) is 3.73. The van der Waals surface area contributed by atoms with Crippen molar-refractivity contribution in [3.63, 3.8) is 0 Å². The van der Waals surface area contributed by atoms with E-state index in [0.29, 0.717) is 42.4 Å². The SMILES string of the molecule is O=C(c1cc(Cn2c(=O)[nH]c(=O)c3ccccc32)ccc1F)N1CCC(OC2=CCCC=C2)CC1. The van der Waals surface area contributed by atoms with Crippen LogP contribution in [0.1, 0.15) is 41.6 Å². The third-order valence-electron chi connectivity index (χ3n) is 6.50. The molecule has 1 amide bonds. The molecule has 0 spiro atoms. The van der Waals surface area contributed by atoms with Crippen LogP contribution in [-0.4, -0.2) is 39.6 Å². The summed E-state index contributed by atoms with van der Waals surface area (Å²) in [6, 6.07) is 11.1. The Morgan fingerprint density at radius 3 is 2.66 bits per heavy atom. The van der Waals surface area contributed by atoms with E-state index in [4.69, 9.17) is 4.74 Å². The lowest BCUT2D eigenvalue weighted by atomic mass is 10.0. The number of ether oxygens (including phenoxy) is 1. The lowest BCUT2D eigenvalue weighted by Gasteiger charge is -2.32. The monoisotopic (exact) mass is 475 g/mol. The third kappa shape index (κ3) is 4.82. The summed E-state index contributed by atoms with van der Waals surface area (Å²) in [5.41, 5.74) is 0.0178. The molecule has 1 N–H and O–H groups in total. The van der Waals surface area contributed by atoms with Crippen LogP contribution >= 0.6 is 0 Å². The number of para-hydroxylation sites is 1. The normalized spacial score (nSPS) is 16.4. The second-order valence-electron chi connectivity index (χ2n) is 8.87. The molecule has 2 aliphatic rings. The molecule has 0 atom stereocenters. The van der Waals surface area contributed by atoms with Gasteiger partial charge >= 0.3 is 5.69 Å². The van der Waals surface area contributed by atoms with Gasteiger partial charge in [0.05, 0.1) is 23.0 Å². The molecular formula is C27H26FN3O4. The van der Waals surface area contributed by atoms with Crippen LogP contribution in [0.25, 0.3) is 10.9 Å². The highest BCUT2D eigenvalue weighted by Crippen LogP contribution is 2.22. The third-order valence-corrected chi connectivity index (χ3v) is 6.50. The first-order valence-electron chi connectivity index (χ1n) is 11.8. The molecule has 8 heteroatoms. The topological polar surface area (TPSA) is 84.4 Å². The Labute approximate surface area is 201 Å². The Kier molecular flexibility index (Phi) is 6.35. The fraction of sp³-hybridized carbons (Fsp3) is 0.296. The number of rotatable bonds is 5. The van der Waals surface area contributed by atoms with Gasteiger partial charge in [-0.2, -0.15) is 0 Å². The zero-order valence-electron chi connectivity index (χ0n) is 19.2. The van der Waals surface area contributed by atoms with Crippen molar-refractivity contribution in [3.8, 4) is 0 Å². The molecule has 1 saturated heterocycles. The molecule has 1 aliphatic carbocycles. The number of hydrogen-bond donors (Lipinski definition) is 1. The van der Waals surface area contributed by atoms with E-state index in [-0.39, 0.29) is 24.1 Å². The van der Waals surface area contributed by atoms with E-state index in [1.807, 2.05) is 6.08 Å². The van der Waals surface area contributed by atoms with Crippen LogP contribution in [0, 0.1) is 5.82 Å². The maximum absolute atomic E-state index is 14.7. The first kappa shape index (κ1) is 22.8. The minimum absolute atomic E-state index is 0.0263. The standard InChI is InChI=1S/C27H26FN3O4/c28-23-11-10-18(17-31-24-9-5-4-8-21(24)25(32)29-27(31)34)16-22(23)26(33)30-14-12-20(13-15-30)35-19-6-2-1-3-7-19/h2,4-11,16,20H,1,3,12-15,17H2,(H,29,32,34). The maximum Gasteiger partial charge on any atom is 0.329 e. The van der Waals surface area contributed by atoms with Gasteiger partial charge in [-0.3, -0.25) is 19.1 Å². The number of allylic oxidation sites excluding steroid dienone is 3. The number of fused-ring (bicyclic) bond motifs is 1. The summed E-state index contributed by atoms with van der Waals surface area (Å²) in [4.78, 5) is 41.7. The highest BCUT2D eigenvalue weighted by atomic mass is 19.1. The largest absolute Gasteiger partial charge is 0.491 e. The molecule has 0 saturated carbocycles. The van der Waals surface area contributed by atoms with E-state index >= 15 is 0 Å². The summed E-state index contributed by atoms with van der Waals surface area (Å²) in [5, 5.41) is 0.384. The smallest absolute Gasteiger partial charge is 0.329 e. The average molecular weight is 476 g/mol. The second kappa shape index (κ2) is 9.74. The van der Waals surface area contributed by atoms with Crippen molar-refractivity contribution in [2.24, 2.45) is 0 Å². The van der Waals surface area contributed by atoms with Crippen LogP contribution in [0.5, 0.6) is 0 Å². The highest BCUT2D eigenvalue weighted by molar-refractivity contribution is 5.94. The molecule has 1 fully saturated rings. The number of hydrogen-bond acceptors (Lipinski definition) is 4. The number of carbonyl (C=O) groups excluding carboxylic acids is 1. The number of carbonyl (C=O) groups is 1. The average Bonchev–Trinajstić information content (AvgIpc) is 2.88. The Morgan fingerprint density at radius 2 is 1.89 bits per heavy atom. The van der Waals surface area contributed by atoms with E-state index in [1.165, 1.54) is 16.7 Å². The Morgan fingerprint density at radius 1 is 1.09 bits per heavy atom. The van der Waals surface area contributed by atoms with Crippen LogP contribution in [-0.2, 0) is 11.3 Å². The number of aromatic nitrogens is 2. The van der Waals surface area contributed by atoms with Crippen molar-refractivity contribution in [1.82, 2.24) is 14.5 Å². The number of nitrogens with zero attached hydrogens (tertiary/aromatic N) is 2. The number of likely N-dealkylation sites (tertiary alicyclic amines) is 1. The molecule has 3 aromatic rings. The van der Waals surface area contributed by atoms with Crippen molar-refractivity contribution < 1.29 is 13.9 Å². The van der Waals surface area contributed by atoms with E-state index in [2.05, 4.69) is 17.1 Å². The van der Waals surface area contributed by atoms with Gasteiger partial charge in [-0.05, 0) is 54.8 Å². The number of amides is 1. The lowest BCUT2D eigenvalue weighted by Crippen LogP contribution is -2.41. The summed E-state index contributed by atoms with van der Waals surface area (Å²) >= 11 is 0. The van der Waals surface area contributed by atoms with Crippen molar-refractivity contribution in [3.05, 3.63) is 104 Å². The van der Waals surface area contributed by atoms with Gasteiger partial charge in [0.25, 0.3) is 11.5 Å². The van der Waals surface area contributed by atoms with Gasteiger partial charge in [0.15, 0.2) is 0 Å². The van der Waals surface area contributed by atoms with E-state index in [1.54, 1.807) is 35.2 Å². The van der Waals surface area contributed by atoms with Crippen molar-refractivity contribution in [2.75, 3.05) is 13.1 Å². The maximum atomic E-state index is 14.7. The van der Waals surface area contributed by atoms with Gasteiger partial charge in [0.2, 0.25) is 0 Å². The summed E-state index contributed by atoms with van der Waals surface area (Å²) in [6.45, 7) is 1.05. The minimum Gasteiger partial charge on any atom is -0.491 e. The fourth-order valence-electron chi connectivity index (χ4n) is 4.63. The predicted molar refractivity (Wildman–Crippen MR) is 131 cm³/mol. The first-order valence-corrected chi connectivity index (χ1v) is 11.8. The van der Waals surface area contributed by atoms with Crippen molar-refractivity contribution >= 4 is 16.8 Å². The molecule has 7 nitrogen and oxygen atoms in total. The Hall–Kier alpha value is -3.94. The molecule has 0 bridgehead atoms. The van der Waals surface area contributed by atoms with Crippen LogP contribution < -0.4 is 11.2 Å². The molecule has 180 valence electrons. The van der Waals surface area contributed by atoms with E-state index in [0.717, 1.165) is 18.6 Å². The molecule has 1 aliphatic heterocycles. The van der Waals surface area contributed by atoms with E-state index < -0.39 is 17.1 Å². The van der Waals surface area contributed by atoms with Gasteiger partial charge in [-0.25, -0.2) is 9.18 Å². The zero-order chi connectivity index (χ0) is 24.4. The lowest BCUT2D eigenvalue weighted by molar-refractivity contribution is 0.0431. The number of halogens is 1. The Balaban J connectivity index is 1.32. The number of piperidine rings is 1. The quantitative estimate of drug-likeness (QED) is 0.610. The summed E-state index contributed by atoms with van der Waals surface area (Å²) < 4.78 is 22.1. The van der Waals surface area contributed by atoms with Crippen LogP contribution in [0.2, 0.25) is 0 Å². The summed E-state index contributed by atoms with van der Waals surface area (Å²) in [6.07, 6.45) is 9.54. The summed E-state index contributed by atoms with van der Waals surface area (Å²) in [7, 11) is 0. The molecule has 0 unspecified atom stereocenters. The number of H-pyrrole nitrogens is 1. The number of aromatic amines is 1. The number of nitrogens with one attached hydrogen (secondary N) is 1. The molecule has 2 heterocycles. The molecular weight excluding hydrogens is 449 g/mol. The van der Waals surface area contributed by atoms with Crippen LogP contribution in [0.3, 0.4) is 0 Å². The van der Waals surface area contributed by atoms with Crippen molar-refractivity contribution in [2.45, 2.75) is 38.3 Å². The van der Waals surface area contributed by atoms with E-state index in [9.17, 15) is 18.8 Å². The molecule has 0 radical (unpaired) electrons. The van der Waals surface area contributed by atoms with Crippen LogP contribution in [0.15, 0.2) is 76.0 Å². The van der Waals surface area contributed by atoms with Gasteiger partial charge < -0.3 is 9.64 Å². The minimum atomic E-state index is -0.603. The number of benzene rings is 2. The van der Waals surface area contributed by atoms with Gasteiger partial charge in [0, 0.05) is 25.9 Å². The zero-order valence-corrected chi connectivity index (χ0v) is 19.2. The molecule has 35 heavy (non-hydrogen) atoms. The Bertz CT molecular complexity index is 1440. The fourth-order valence-corrected chi connectivity index (χ4v) is 4.63. The van der Waals surface area contributed by atoms with Crippen LogP contribution in [0.4, 0.5) is 4.39 Å². The van der Waals surface area contributed by atoms with Gasteiger partial charge in [-0.1, -0.05) is 24.3 Å². The first-order chi connectivity index (χ1) is 17.0. The molecule has 1 aromatic heterocycles. The second-order valence-corrected chi connectivity index (χ2v) is 8.87.